The van der Waals surface area contributed by atoms with Gasteiger partial charge in [0, 0.05) is 22.8 Å². The highest BCUT2D eigenvalue weighted by Crippen LogP contribution is 2.26. The number of amides is 1. The Bertz CT molecular complexity index is 993. The Hall–Kier alpha value is -3.13. The van der Waals surface area contributed by atoms with Gasteiger partial charge < -0.3 is 9.64 Å². The number of anilines is 1. The summed E-state index contributed by atoms with van der Waals surface area (Å²) in [7, 11) is 0. The van der Waals surface area contributed by atoms with E-state index in [4.69, 9.17) is 11.6 Å². The Morgan fingerprint density at radius 1 is 1.07 bits per heavy atom. The Morgan fingerprint density at radius 2 is 1.72 bits per heavy atom. The maximum Gasteiger partial charge on any atom is 0.573 e. The van der Waals surface area contributed by atoms with Crippen molar-refractivity contribution < 1.29 is 22.7 Å². The van der Waals surface area contributed by atoms with E-state index in [0.29, 0.717) is 28.5 Å². The maximum absolute atomic E-state index is 12.9. The van der Waals surface area contributed by atoms with E-state index in [9.17, 15) is 18.0 Å². The van der Waals surface area contributed by atoms with Gasteiger partial charge in [0.25, 0.3) is 5.91 Å². The number of carbonyl (C=O) groups is 1. The largest absolute Gasteiger partial charge is 0.573 e. The van der Waals surface area contributed by atoms with Gasteiger partial charge in [-0.25, -0.2) is 4.98 Å². The van der Waals surface area contributed by atoms with Crippen LogP contribution in [0.1, 0.15) is 17.4 Å². The zero-order valence-corrected chi connectivity index (χ0v) is 15.9. The van der Waals surface area contributed by atoms with Crippen molar-refractivity contribution in [3.63, 3.8) is 0 Å². The summed E-state index contributed by atoms with van der Waals surface area (Å²) >= 11 is 5.89. The second-order valence-corrected chi connectivity index (χ2v) is 6.32. The van der Waals surface area contributed by atoms with Crippen LogP contribution in [0.5, 0.6) is 5.75 Å². The molecule has 150 valence electrons. The molecule has 1 heterocycles. The number of alkyl halides is 3. The molecule has 1 amide bonds. The number of rotatable bonds is 5. The topological polar surface area (TPSA) is 55.3 Å². The second-order valence-electron chi connectivity index (χ2n) is 5.89. The summed E-state index contributed by atoms with van der Waals surface area (Å²) in [5.41, 5.74) is 1.61. The lowest BCUT2D eigenvalue weighted by molar-refractivity contribution is -0.274. The SMILES string of the molecule is CCN(C(=O)c1cncc(-c2ccc(OC(F)(F)F)cc2)n1)c1ccc(Cl)cc1. The predicted octanol–water partition coefficient (Wildman–Crippen LogP) is 5.36. The Labute approximate surface area is 169 Å². The normalized spacial score (nSPS) is 11.2. The first-order chi connectivity index (χ1) is 13.8. The van der Waals surface area contributed by atoms with E-state index in [2.05, 4.69) is 14.7 Å². The van der Waals surface area contributed by atoms with Gasteiger partial charge in [-0.3, -0.25) is 9.78 Å². The van der Waals surface area contributed by atoms with Crippen LogP contribution in [0.2, 0.25) is 5.02 Å². The Morgan fingerprint density at radius 3 is 2.31 bits per heavy atom. The minimum Gasteiger partial charge on any atom is -0.406 e. The molecule has 0 aliphatic heterocycles. The van der Waals surface area contributed by atoms with Gasteiger partial charge in [-0.05, 0) is 55.5 Å². The minimum absolute atomic E-state index is 0.106. The molecule has 0 fully saturated rings. The smallest absolute Gasteiger partial charge is 0.406 e. The lowest BCUT2D eigenvalue weighted by atomic mass is 10.1. The molecule has 0 saturated carbocycles. The van der Waals surface area contributed by atoms with Crippen molar-refractivity contribution >= 4 is 23.2 Å². The van der Waals surface area contributed by atoms with E-state index in [1.807, 2.05) is 6.92 Å². The fourth-order valence-electron chi connectivity index (χ4n) is 2.64. The van der Waals surface area contributed by atoms with E-state index in [1.165, 1.54) is 41.6 Å². The van der Waals surface area contributed by atoms with E-state index in [-0.39, 0.29) is 17.4 Å². The van der Waals surface area contributed by atoms with E-state index >= 15 is 0 Å². The first-order valence-corrected chi connectivity index (χ1v) is 8.90. The van der Waals surface area contributed by atoms with Crippen LogP contribution in [0.4, 0.5) is 18.9 Å². The van der Waals surface area contributed by atoms with Crippen molar-refractivity contribution in [1.82, 2.24) is 9.97 Å². The standard InChI is InChI=1S/C20H15ClF3N3O2/c1-2-27(15-7-5-14(21)6-8-15)19(28)18-12-25-11-17(26-18)13-3-9-16(10-4-13)29-20(22,23)24/h3-12H,2H2,1H3. The molecule has 0 bridgehead atoms. The number of ether oxygens (including phenoxy) is 1. The van der Waals surface area contributed by atoms with Gasteiger partial charge in [0.15, 0.2) is 0 Å². The number of nitrogens with zero attached hydrogens (tertiary/aromatic N) is 3. The highest BCUT2D eigenvalue weighted by Gasteiger charge is 2.31. The zero-order valence-electron chi connectivity index (χ0n) is 15.2. The highest BCUT2D eigenvalue weighted by atomic mass is 35.5. The van der Waals surface area contributed by atoms with Crippen LogP contribution in [0.3, 0.4) is 0 Å². The number of hydrogen-bond donors (Lipinski definition) is 0. The Balaban J connectivity index is 1.84. The Kier molecular flexibility index (Phi) is 6.03. The average molecular weight is 422 g/mol. The molecule has 0 atom stereocenters. The summed E-state index contributed by atoms with van der Waals surface area (Å²) in [5, 5.41) is 0.553. The molecule has 3 rings (SSSR count). The van der Waals surface area contributed by atoms with Crippen LogP contribution in [0.15, 0.2) is 60.9 Å². The number of aromatic nitrogens is 2. The minimum atomic E-state index is -4.76. The summed E-state index contributed by atoms with van der Waals surface area (Å²) in [6.45, 7) is 2.22. The van der Waals surface area contributed by atoms with Crippen LogP contribution in [0, 0.1) is 0 Å². The molecule has 0 N–H and O–H groups in total. The molecule has 9 heteroatoms. The monoisotopic (exact) mass is 421 g/mol. The molecule has 29 heavy (non-hydrogen) atoms. The molecule has 0 spiro atoms. The number of hydrogen-bond acceptors (Lipinski definition) is 4. The van der Waals surface area contributed by atoms with Crippen molar-refractivity contribution in [2.45, 2.75) is 13.3 Å². The van der Waals surface area contributed by atoms with E-state index in [1.54, 1.807) is 24.3 Å². The van der Waals surface area contributed by atoms with Crippen LogP contribution >= 0.6 is 11.6 Å². The summed E-state index contributed by atoms with van der Waals surface area (Å²) in [5.74, 6) is -0.706. The third-order valence-corrected chi connectivity index (χ3v) is 4.19. The first kappa shape index (κ1) is 20.6. The number of benzene rings is 2. The quantitative estimate of drug-likeness (QED) is 0.556. The van der Waals surface area contributed by atoms with Gasteiger partial charge in [-0.1, -0.05) is 11.6 Å². The molecule has 0 saturated heterocycles. The van der Waals surface area contributed by atoms with Gasteiger partial charge in [0.2, 0.25) is 0 Å². The molecule has 0 aliphatic carbocycles. The van der Waals surface area contributed by atoms with E-state index in [0.717, 1.165) is 0 Å². The third-order valence-electron chi connectivity index (χ3n) is 3.94. The first-order valence-electron chi connectivity index (χ1n) is 8.52. The fourth-order valence-corrected chi connectivity index (χ4v) is 2.76. The summed E-state index contributed by atoms with van der Waals surface area (Å²) < 4.78 is 40.7. The third kappa shape index (κ3) is 5.23. The number of halogens is 4. The number of carbonyl (C=O) groups excluding carboxylic acids is 1. The maximum atomic E-state index is 12.9. The van der Waals surface area contributed by atoms with Crippen LogP contribution in [-0.2, 0) is 0 Å². The van der Waals surface area contributed by atoms with Crippen LogP contribution in [-0.4, -0.2) is 28.8 Å². The van der Waals surface area contributed by atoms with Crippen molar-refractivity contribution in [3.05, 3.63) is 71.6 Å². The summed E-state index contributed by atoms with van der Waals surface area (Å²) in [4.78, 5) is 22.8. The van der Waals surface area contributed by atoms with Crippen LogP contribution in [0.25, 0.3) is 11.3 Å². The molecular weight excluding hydrogens is 407 g/mol. The zero-order chi connectivity index (χ0) is 21.0. The van der Waals surface area contributed by atoms with Gasteiger partial charge >= 0.3 is 6.36 Å². The predicted molar refractivity (Wildman–Crippen MR) is 103 cm³/mol. The van der Waals surface area contributed by atoms with Gasteiger partial charge in [-0.2, -0.15) is 0 Å². The van der Waals surface area contributed by atoms with Gasteiger partial charge in [0.1, 0.15) is 11.4 Å². The molecule has 2 aromatic carbocycles. The molecule has 0 unspecified atom stereocenters. The van der Waals surface area contributed by atoms with Gasteiger partial charge in [0.05, 0.1) is 18.1 Å². The molecule has 0 aliphatic rings. The van der Waals surface area contributed by atoms with Gasteiger partial charge in [-0.15, -0.1) is 13.2 Å². The van der Waals surface area contributed by atoms with Crippen molar-refractivity contribution in [2.75, 3.05) is 11.4 Å². The van der Waals surface area contributed by atoms with Crippen molar-refractivity contribution in [3.8, 4) is 17.0 Å². The average Bonchev–Trinajstić information content (AvgIpc) is 2.69. The highest BCUT2D eigenvalue weighted by molar-refractivity contribution is 6.30. The molecule has 0 radical (unpaired) electrons. The molecular formula is C20H15ClF3N3O2. The molecule has 1 aromatic heterocycles. The fraction of sp³-hybridized carbons (Fsp3) is 0.150. The molecule has 5 nitrogen and oxygen atoms in total. The lowest BCUT2D eigenvalue weighted by Gasteiger charge is -2.20. The van der Waals surface area contributed by atoms with Crippen molar-refractivity contribution in [2.24, 2.45) is 0 Å². The summed E-state index contributed by atoms with van der Waals surface area (Å²) in [6, 6.07) is 12.0. The lowest BCUT2D eigenvalue weighted by Crippen LogP contribution is -2.31. The molecule has 3 aromatic rings. The second kappa shape index (κ2) is 8.48. The van der Waals surface area contributed by atoms with Crippen LogP contribution < -0.4 is 9.64 Å². The summed E-state index contributed by atoms with van der Waals surface area (Å²) in [6.07, 6.45) is -2.00. The van der Waals surface area contributed by atoms with Crippen molar-refractivity contribution in [1.29, 1.82) is 0 Å². The van der Waals surface area contributed by atoms with E-state index < -0.39 is 6.36 Å².